The third-order valence-electron chi connectivity index (χ3n) is 3.43. The molecular weight excluding hydrogens is 362 g/mol. The Hall–Kier alpha value is -2.40. The average Bonchev–Trinajstić information content (AvgIpc) is 2.60. The van der Waals surface area contributed by atoms with Crippen molar-refractivity contribution < 1.29 is 13.2 Å². The van der Waals surface area contributed by atoms with Gasteiger partial charge in [-0.3, -0.25) is 4.79 Å². The summed E-state index contributed by atoms with van der Waals surface area (Å²) in [6.45, 7) is -0.105. The van der Waals surface area contributed by atoms with Gasteiger partial charge in [-0.2, -0.15) is 9.57 Å². The van der Waals surface area contributed by atoms with Gasteiger partial charge in [0.05, 0.1) is 23.1 Å². The molecule has 8 heteroatoms. The Bertz CT molecular complexity index is 905. The van der Waals surface area contributed by atoms with Gasteiger partial charge in [-0.1, -0.05) is 23.7 Å². The Balaban J connectivity index is 1.97. The van der Waals surface area contributed by atoms with Gasteiger partial charge in [-0.15, -0.1) is 0 Å². The standard InChI is InChI=1S/C17H16ClN3O3S/c1-21(25(23,24)16-7-5-15(18)6-8-16)12-17(22)20-11-14-4-2-3-13(9-14)10-19/h2-9H,11-12H2,1H3,(H,20,22). The lowest BCUT2D eigenvalue weighted by Gasteiger charge is -2.17. The Morgan fingerprint density at radius 2 is 1.92 bits per heavy atom. The van der Waals surface area contributed by atoms with Gasteiger partial charge in [0.2, 0.25) is 15.9 Å². The van der Waals surface area contributed by atoms with Gasteiger partial charge in [0.15, 0.2) is 0 Å². The van der Waals surface area contributed by atoms with Crippen LogP contribution in [0.25, 0.3) is 0 Å². The van der Waals surface area contributed by atoms with Crippen LogP contribution in [-0.2, 0) is 21.4 Å². The fourth-order valence-electron chi connectivity index (χ4n) is 2.08. The zero-order valence-corrected chi connectivity index (χ0v) is 15.0. The minimum absolute atomic E-state index is 0.0638. The molecule has 1 N–H and O–H groups in total. The molecule has 0 atom stereocenters. The molecule has 0 saturated carbocycles. The van der Waals surface area contributed by atoms with Gasteiger partial charge in [0.25, 0.3) is 0 Å². The lowest BCUT2D eigenvalue weighted by molar-refractivity contribution is -0.121. The molecule has 0 aliphatic rings. The Morgan fingerprint density at radius 1 is 1.24 bits per heavy atom. The minimum Gasteiger partial charge on any atom is -0.351 e. The average molecular weight is 378 g/mol. The second kappa shape index (κ2) is 8.12. The van der Waals surface area contributed by atoms with E-state index in [0.717, 1.165) is 9.87 Å². The molecule has 130 valence electrons. The summed E-state index contributed by atoms with van der Waals surface area (Å²) >= 11 is 5.75. The van der Waals surface area contributed by atoms with Crippen molar-refractivity contribution in [3.8, 4) is 6.07 Å². The summed E-state index contributed by atoms with van der Waals surface area (Å²) in [5.74, 6) is -0.442. The van der Waals surface area contributed by atoms with Gasteiger partial charge in [-0.05, 0) is 42.0 Å². The fourth-order valence-corrected chi connectivity index (χ4v) is 3.33. The van der Waals surface area contributed by atoms with Crippen molar-refractivity contribution in [3.63, 3.8) is 0 Å². The van der Waals surface area contributed by atoms with Crippen LogP contribution >= 0.6 is 11.6 Å². The molecule has 0 bridgehead atoms. The molecule has 0 saturated heterocycles. The van der Waals surface area contributed by atoms with Gasteiger partial charge in [-0.25, -0.2) is 8.42 Å². The summed E-state index contributed by atoms with van der Waals surface area (Å²) in [6.07, 6.45) is 0. The predicted octanol–water partition coefficient (Wildman–Crippen LogP) is 2.15. The molecule has 0 spiro atoms. The molecule has 0 fully saturated rings. The number of carbonyl (C=O) groups is 1. The Morgan fingerprint density at radius 3 is 2.56 bits per heavy atom. The van der Waals surface area contributed by atoms with Crippen molar-refractivity contribution in [1.29, 1.82) is 5.26 Å². The number of nitriles is 1. The second-order valence-corrected chi connectivity index (χ2v) is 7.79. The van der Waals surface area contributed by atoms with E-state index in [-0.39, 0.29) is 18.0 Å². The topological polar surface area (TPSA) is 90.3 Å². The zero-order chi connectivity index (χ0) is 18.4. The quantitative estimate of drug-likeness (QED) is 0.835. The molecule has 2 aromatic carbocycles. The molecular formula is C17H16ClN3O3S. The maximum atomic E-state index is 12.4. The van der Waals surface area contributed by atoms with Crippen LogP contribution < -0.4 is 5.32 Å². The lowest BCUT2D eigenvalue weighted by atomic mass is 10.1. The van der Waals surface area contributed by atoms with Crippen LogP contribution in [0.3, 0.4) is 0 Å². The van der Waals surface area contributed by atoms with E-state index in [4.69, 9.17) is 16.9 Å². The van der Waals surface area contributed by atoms with E-state index in [1.807, 2.05) is 6.07 Å². The van der Waals surface area contributed by atoms with Gasteiger partial charge in [0, 0.05) is 18.6 Å². The summed E-state index contributed by atoms with van der Waals surface area (Å²) in [5, 5.41) is 11.9. The maximum absolute atomic E-state index is 12.4. The van der Waals surface area contributed by atoms with Gasteiger partial charge in [0.1, 0.15) is 0 Å². The largest absolute Gasteiger partial charge is 0.351 e. The molecule has 0 aliphatic heterocycles. The van der Waals surface area contributed by atoms with Crippen LogP contribution in [0.15, 0.2) is 53.4 Å². The molecule has 0 aliphatic carbocycles. The van der Waals surface area contributed by atoms with Gasteiger partial charge < -0.3 is 5.32 Å². The zero-order valence-electron chi connectivity index (χ0n) is 13.4. The number of amides is 1. The number of likely N-dealkylation sites (N-methyl/N-ethyl adjacent to an activating group) is 1. The number of sulfonamides is 1. The second-order valence-electron chi connectivity index (χ2n) is 5.30. The number of benzene rings is 2. The van der Waals surface area contributed by atoms with Crippen molar-refractivity contribution in [1.82, 2.24) is 9.62 Å². The monoisotopic (exact) mass is 377 g/mol. The van der Waals surface area contributed by atoms with E-state index in [2.05, 4.69) is 5.32 Å². The van der Waals surface area contributed by atoms with Crippen LogP contribution in [-0.4, -0.2) is 32.2 Å². The van der Waals surface area contributed by atoms with Crippen molar-refractivity contribution >= 4 is 27.5 Å². The number of hydrogen-bond acceptors (Lipinski definition) is 4. The SMILES string of the molecule is CN(CC(=O)NCc1cccc(C#N)c1)S(=O)(=O)c1ccc(Cl)cc1. The summed E-state index contributed by atoms with van der Waals surface area (Å²) < 4.78 is 25.8. The number of carbonyl (C=O) groups excluding carboxylic acids is 1. The van der Waals surface area contributed by atoms with E-state index >= 15 is 0 Å². The Labute approximate surface area is 151 Å². The molecule has 1 amide bonds. The molecule has 0 aromatic heterocycles. The van der Waals surface area contributed by atoms with Crippen molar-refractivity contribution in [2.75, 3.05) is 13.6 Å². The third kappa shape index (κ3) is 5.03. The van der Waals surface area contributed by atoms with E-state index in [1.165, 1.54) is 31.3 Å². The highest BCUT2D eigenvalue weighted by molar-refractivity contribution is 7.89. The van der Waals surface area contributed by atoms with Gasteiger partial charge >= 0.3 is 0 Å². The number of nitrogens with zero attached hydrogens (tertiary/aromatic N) is 2. The first-order valence-electron chi connectivity index (χ1n) is 7.30. The van der Waals surface area contributed by atoms with Crippen molar-refractivity contribution in [3.05, 3.63) is 64.7 Å². The highest BCUT2D eigenvalue weighted by Gasteiger charge is 2.22. The van der Waals surface area contributed by atoms with Crippen molar-refractivity contribution in [2.45, 2.75) is 11.4 Å². The molecule has 0 heterocycles. The number of nitrogens with one attached hydrogen (secondary N) is 1. The molecule has 0 unspecified atom stereocenters. The van der Waals surface area contributed by atoms with Crippen LogP contribution in [0, 0.1) is 11.3 Å². The van der Waals surface area contributed by atoms with E-state index in [9.17, 15) is 13.2 Å². The number of hydrogen-bond donors (Lipinski definition) is 1. The summed E-state index contributed by atoms with van der Waals surface area (Å²) in [5.41, 5.74) is 1.25. The van der Waals surface area contributed by atoms with E-state index < -0.39 is 15.9 Å². The van der Waals surface area contributed by atoms with E-state index in [1.54, 1.807) is 24.3 Å². The van der Waals surface area contributed by atoms with Crippen LogP contribution in [0.2, 0.25) is 5.02 Å². The first-order valence-corrected chi connectivity index (χ1v) is 9.12. The highest BCUT2D eigenvalue weighted by Crippen LogP contribution is 2.17. The first kappa shape index (κ1) is 18.9. The summed E-state index contributed by atoms with van der Waals surface area (Å²) in [4.78, 5) is 12.1. The molecule has 6 nitrogen and oxygen atoms in total. The molecule has 0 radical (unpaired) electrons. The third-order valence-corrected chi connectivity index (χ3v) is 5.50. The Kier molecular flexibility index (Phi) is 6.15. The summed E-state index contributed by atoms with van der Waals surface area (Å²) in [6, 6.07) is 14.6. The maximum Gasteiger partial charge on any atom is 0.243 e. The smallest absolute Gasteiger partial charge is 0.243 e. The highest BCUT2D eigenvalue weighted by atomic mass is 35.5. The summed E-state index contributed by atoms with van der Waals surface area (Å²) in [7, 11) is -2.44. The minimum atomic E-state index is -3.77. The molecule has 25 heavy (non-hydrogen) atoms. The number of rotatable bonds is 6. The van der Waals surface area contributed by atoms with E-state index in [0.29, 0.717) is 10.6 Å². The predicted molar refractivity (Wildman–Crippen MR) is 94.3 cm³/mol. The first-order chi connectivity index (χ1) is 11.8. The van der Waals surface area contributed by atoms with Crippen LogP contribution in [0.5, 0.6) is 0 Å². The lowest BCUT2D eigenvalue weighted by Crippen LogP contribution is -2.38. The van der Waals surface area contributed by atoms with Crippen LogP contribution in [0.4, 0.5) is 0 Å². The van der Waals surface area contributed by atoms with Crippen molar-refractivity contribution in [2.24, 2.45) is 0 Å². The number of halogens is 1. The normalized spacial score (nSPS) is 11.1. The molecule has 2 rings (SSSR count). The fraction of sp³-hybridized carbons (Fsp3) is 0.176. The molecule has 2 aromatic rings. The van der Waals surface area contributed by atoms with Crippen LogP contribution in [0.1, 0.15) is 11.1 Å².